The Labute approximate surface area is 322 Å². The Morgan fingerprint density at radius 1 is 1.12 bits per heavy atom. The number of fused-ring (bicyclic) bond motifs is 4. The van der Waals surface area contributed by atoms with Crippen LogP contribution < -0.4 is 25.2 Å². The number of aromatic hydroxyl groups is 1. The van der Waals surface area contributed by atoms with E-state index in [1.807, 2.05) is 25.1 Å². The van der Waals surface area contributed by atoms with Gasteiger partial charge in [0, 0.05) is 87.7 Å². The molecule has 3 unspecified atom stereocenters. The van der Waals surface area contributed by atoms with Gasteiger partial charge < -0.3 is 29.9 Å². The minimum Gasteiger partial charge on any atom is -0.504 e. The molecule has 4 aromatic rings. The minimum atomic E-state index is -0.739. The predicted octanol–water partition coefficient (Wildman–Crippen LogP) is 4.00. The van der Waals surface area contributed by atoms with Crippen LogP contribution in [0.2, 0.25) is 0 Å². The van der Waals surface area contributed by atoms with Crippen molar-refractivity contribution < 1.29 is 33.0 Å². The lowest BCUT2D eigenvalue weighted by atomic mass is 10.1. The Hall–Kier alpha value is -5.90. The fourth-order valence-corrected chi connectivity index (χ4v) is 8.14. The summed E-state index contributed by atoms with van der Waals surface area (Å²) in [5.74, 6) is -1.58. The van der Waals surface area contributed by atoms with Crippen LogP contribution in [0.5, 0.6) is 11.6 Å². The molecule has 2 aromatic heterocycles. The second-order valence-corrected chi connectivity index (χ2v) is 14.9. The zero-order valence-electron chi connectivity index (χ0n) is 31.2. The van der Waals surface area contributed by atoms with Gasteiger partial charge in [-0.15, -0.1) is 10.2 Å². The van der Waals surface area contributed by atoms with Gasteiger partial charge in [-0.1, -0.05) is 12.1 Å². The van der Waals surface area contributed by atoms with Crippen LogP contribution in [-0.2, 0) is 22.7 Å². The number of pyridine rings is 1. The van der Waals surface area contributed by atoms with Crippen molar-refractivity contribution in [3.63, 3.8) is 0 Å². The molecule has 0 aliphatic carbocycles. The highest BCUT2D eigenvalue weighted by molar-refractivity contribution is 5.99. The number of nitrogens with one attached hydrogen (secondary N) is 2. The third-order valence-corrected chi connectivity index (χ3v) is 11.4. The molecule has 14 nitrogen and oxygen atoms in total. The maximum absolute atomic E-state index is 15.8. The molecule has 292 valence electrons. The fourth-order valence-electron chi connectivity index (χ4n) is 8.14. The molecule has 6 heterocycles. The summed E-state index contributed by atoms with van der Waals surface area (Å²) in [6.45, 7) is 8.72. The zero-order valence-corrected chi connectivity index (χ0v) is 31.2. The number of phenolic OH excluding ortho intramolecular Hbond substituents is 1. The van der Waals surface area contributed by atoms with Crippen LogP contribution in [0.15, 0.2) is 48.7 Å². The smallest absolute Gasteiger partial charge is 0.254 e. The lowest BCUT2D eigenvalue weighted by molar-refractivity contribution is -0.125. The van der Waals surface area contributed by atoms with Gasteiger partial charge in [0.2, 0.25) is 12.3 Å². The van der Waals surface area contributed by atoms with Gasteiger partial charge in [-0.05, 0) is 67.3 Å². The van der Waals surface area contributed by atoms with Gasteiger partial charge in [0.1, 0.15) is 6.10 Å². The molecular formula is C40H43F2N9O5. The highest BCUT2D eigenvalue weighted by Crippen LogP contribution is 2.40. The molecule has 16 heteroatoms. The first-order valence-corrected chi connectivity index (χ1v) is 18.9. The number of amides is 3. The highest BCUT2D eigenvalue weighted by Gasteiger charge is 2.39. The number of phenols is 1. The first-order chi connectivity index (χ1) is 27.1. The third-order valence-electron chi connectivity index (χ3n) is 11.4. The maximum atomic E-state index is 15.8. The van der Waals surface area contributed by atoms with Crippen LogP contribution in [0.3, 0.4) is 0 Å². The quantitative estimate of drug-likeness (QED) is 0.189. The van der Waals surface area contributed by atoms with Crippen LogP contribution in [-0.4, -0.2) is 106 Å². The monoisotopic (exact) mass is 767 g/mol. The average Bonchev–Trinajstić information content (AvgIpc) is 3.78. The summed E-state index contributed by atoms with van der Waals surface area (Å²) < 4.78 is 36.1. The number of carbonyl (C=O) groups excluding carboxylic acids is 3. The number of para-hydroxylation sites is 1. The summed E-state index contributed by atoms with van der Waals surface area (Å²) >= 11 is 0. The van der Waals surface area contributed by atoms with Crippen LogP contribution in [0, 0.1) is 18.6 Å². The van der Waals surface area contributed by atoms with Gasteiger partial charge in [-0.2, -0.15) is 0 Å². The van der Waals surface area contributed by atoms with Crippen molar-refractivity contribution in [3.8, 4) is 22.9 Å². The van der Waals surface area contributed by atoms with Crippen LogP contribution in [0.1, 0.15) is 53.2 Å². The molecule has 3 N–H and O–H groups in total. The summed E-state index contributed by atoms with van der Waals surface area (Å²) in [6.07, 6.45) is 2.98. The molecule has 0 bridgehead atoms. The third kappa shape index (κ3) is 7.16. The second-order valence-electron chi connectivity index (χ2n) is 14.9. The van der Waals surface area contributed by atoms with Crippen LogP contribution >= 0.6 is 0 Å². The summed E-state index contributed by atoms with van der Waals surface area (Å²) in [4.78, 5) is 48.4. The van der Waals surface area contributed by atoms with Gasteiger partial charge in [-0.3, -0.25) is 24.6 Å². The molecule has 3 amide bonds. The first kappa shape index (κ1) is 37.0. The number of ether oxygens (including phenoxy) is 1. The van der Waals surface area contributed by atoms with Gasteiger partial charge in [-0.25, -0.2) is 13.8 Å². The standard InChI is InChI=1S/C40H43F2N9O5/c1-23(6-9-35(53)45-22-52)50-20-25-7-8-27(15-31(25)40(50)55)49-12-10-48(11-13-49)19-26-17-44-39(36(42)24(26)2)56-29-14-28-18-43-38-34(51(28)21-29)16-33(46-47-38)30-4-3-5-32(41)37(30)54/h3-5,7-8,15-17,22-23,28-29,54H,6,9-14,18-21H2,1-2H3,(H,43,47)(H,45,52,53). The molecule has 4 aliphatic rings. The number of hydrogen-bond donors (Lipinski definition) is 3. The van der Waals surface area contributed by atoms with E-state index < -0.39 is 17.4 Å². The van der Waals surface area contributed by atoms with Crippen molar-refractivity contribution in [3.05, 3.63) is 82.5 Å². The molecule has 4 aliphatic heterocycles. The molecule has 0 radical (unpaired) electrons. The lowest BCUT2D eigenvalue weighted by Gasteiger charge is -2.36. The van der Waals surface area contributed by atoms with Crippen molar-refractivity contribution in [2.45, 2.75) is 64.4 Å². The van der Waals surface area contributed by atoms with Crippen LogP contribution in [0.4, 0.5) is 26.0 Å². The van der Waals surface area contributed by atoms with Crippen molar-refractivity contribution in [2.24, 2.45) is 0 Å². The van der Waals surface area contributed by atoms with E-state index in [0.717, 1.165) is 48.7 Å². The number of carbonyl (C=O) groups is 3. The number of rotatable bonds is 11. The van der Waals surface area contributed by atoms with Gasteiger partial charge in [0.05, 0.1) is 24.0 Å². The molecule has 0 spiro atoms. The normalized spacial score (nSPS) is 19.6. The first-order valence-electron chi connectivity index (χ1n) is 18.9. The van der Waals surface area contributed by atoms with E-state index in [1.54, 1.807) is 30.2 Å². The SMILES string of the molecule is Cc1c(CN2CCN(c3ccc4c(c3)C(=O)N(C(C)CCC(=O)NC=O)C4)CC2)cnc(OC2CC3CNc4nnc(-c5cccc(F)c5O)cc4N3C2)c1F. The Morgan fingerprint density at radius 3 is 2.75 bits per heavy atom. The Balaban J connectivity index is 0.860. The van der Waals surface area contributed by atoms with Gasteiger partial charge in [0.25, 0.3) is 11.8 Å². The van der Waals surface area contributed by atoms with Crippen molar-refractivity contribution in [1.29, 1.82) is 0 Å². The van der Waals surface area contributed by atoms with E-state index in [4.69, 9.17) is 4.74 Å². The van der Waals surface area contributed by atoms with Gasteiger partial charge in [0.15, 0.2) is 23.2 Å². The Morgan fingerprint density at radius 2 is 1.95 bits per heavy atom. The fraction of sp³-hybridized carbons (Fsp3) is 0.400. The van der Waals surface area contributed by atoms with E-state index in [9.17, 15) is 23.9 Å². The number of aromatic nitrogens is 3. The van der Waals surface area contributed by atoms with E-state index in [0.29, 0.717) is 68.1 Å². The minimum absolute atomic E-state index is 0.0326. The molecule has 8 rings (SSSR count). The molecule has 2 aromatic carbocycles. The predicted molar refractivity (Wildman–Crippen MR) is 203 cm³/mol. The molecular weight excluding hydrogens is 724 g/mol. The largest absolute Gasteiger partial charge is 0.504 e. The maximum Gasteiger partial charge on any atom is 0.254 e. The van der Waals surface area contributed by atoms with Crippen LogP contribution in [0.25, 0.3) is 11.3 Å². The van der Waals surface area contributed by atoms with E-state index in [-0.39, 0.29) is 47.9 Å². The van der Waals surface area contributed by atoms with Gasteiger partial charge >= 0.3 is 0 Å². The topological polar surface area (TPSA) is 156 Å². The zero-order chi connectivity index (χ0) is 39.1. The van der Waals surface area contributed by atoms with Crippen molar-refractivity contribution in [2.75, 3.05) is 54.4 Å². The summed E-state index contributed by atoms with van der Waals surface area (Å²) in [6, 6.07) is 11.9. The van der Waals surface area contributed by atoms with Crippen molar-refractivity contribution in [1.82, 2.24) is 30.3 Å². The summed E-state index contributed by atoms with van der Waals surface area (Å²) in [5, 5.41) is 24.2. The molecule has 3 atom stereocenters. The van der Waals surface area contributed by atoms with E-state index in [1.165, 1.54) is 12.1 Å². The number of hydrogen-bond acceptors (Lipinski definition) is 12. The second kappa shape index (κ2) is 15.3. The number of piperazine rings is 1. The van der Waals surface area contributed by atoms with E-state index in [2.05, 4.69) is 40.5 Å². The molecule has 0 saturated carbocycles. The summed E-state index contributed by atoms with van der Waals surface area (Å²) in [7, 11) is 0. The van der Waals surface area contributed by atoms with E-state index >= 15 is 4.39 Å². The number of imide groups is 1. The number of benzene rings is 2. The Kier molecular flexibility index (Phi) is 10.1. The number of halogens is 2. The highest BCUT2D eigenvalue weighted by atomic mass is 19.1. The number of anilines is 3. The molecule has 2 saturated heterocycles. The Bertz CT molecular complexity index is 2180. The van der Waals surface area contributed by atoms with Crippen molar-refractivity contribution >= 4 is 35.4 Å². The molecule has 2 fully saturated rings. The lowest BCUT2D eigenvalue weighted by Crippen LogP contribution is -2.46. The molecule has 56 heavy (non-hydrogen) atoms. The average molecular weight is 768 g/mol. The number of nitrogens with zero attached hydrogens (tertiary/aromatic N) is 7. The summed E-state index contributed by atoms with van der Waals surface area (Å²) in [5.41, 5.74) is 5.22.